The van der Waals surface area contributed by atoms with Crippen molar-refractivity contribution in [3.05, 3.63) is 95.6 Å². The van der Waals surface area contributed by atoms with Gasteiger partial charge in [-0.2, -0.15) is 0 Å². The lowest BCUT2D eigenvalue weighted by atomic mass is 10.1. The summed E-state index contributed by atoms with van der Waals surface area (Å²) >= 11 is 0. The largest absolute Gasteiger partial charge is 0.478 e. The molecule has 2 aromatic carbocycles. The van der Waals surface area contributed by atoms with Crippen molar-refractivity contribution in [1.29, 1.82) is 0 Å². The number of furan rings is 1. The minimum absolute atomic E-state index is 0.0201. The SMILES string of the molecule is O=C(Nc1cccc(C(=O)O)c1)/C(=C\c1ccccc1)NC(=O)c1ccco1. The van der Waals surface area contributed by atoms with Crippen molar-refractivity contribution < 1.29 is 23.9 Å². The van der Waals surface area contributed by atoms with E-state index in [-0.39, 0.29) is 22.7 Å². The molecule has 1 aromatic heterocycles. The van der Waals surface area contributed by atoms with Crippen LogP contribution in [0.2, 0.25) is 0 Å². The monoisotopic (exact) mass is 376 g/mol. The van der Waals surface area contributed by atoms with Gasteiger partial charge in [0, 0.05) is 5.69 Å². The van der Waals surface area contributed by atoms with Crippen LogP contribution in [0.3, 0.4) is 0 Å². The molecule has 3 aromatic rings. The van der Waals surface area contributed by atoms with E-state index in [2.05, 4.69) is 10.6 Å². The molecule has 7 heteroatoms. The van der Waals surface area contributed by atoms with Crippen LogP contribution < -0.4 is 10.6 Å². The van der Waals surface area contributed by atoms with Gasteiger partial charge in [-0.25, -0.2) is 4.79 Å². The van der Waals surface area contributed by atoms with Gasteiger partial charge in [-0.3, -0.25) is 9.59 Å². The summed E-state index contributed by atoms with van der Waals surface area (Å²) in [5.74, 6) is -2.24. The smallest absolute Gasteiger partial charge is 0.335 e. The molecule has 0 fully saturated rings. The first-order valence-electron chi connectivity index (χ1n) is 8.29. The quantitative estimate of drug-likeness (QED) is 0.572. The number of carboxylic acids is 1. The Bertz CT molecular complexity index is 1020. The molecule has 0 aliphatic carbocycles. The maximum Gasteiger partial charge on any atom is 0.335 e. The summed E-state index contributed by atoms with van der Waals surface area (Å²) in [4.78, 5) is 36.1. The molecule has 7 nitrogen and oxygen atoms in total. The molecule has 3 rings (SSSR count). The van der Waals surface area contributed by atoms with Crippen LogP contribution in [0.15, 0.2) is 83.1 Å². The van der Waals surface area contributed by atoms with Gasteiger partial charge in [0.1, 0.15) is 5.70 Å². The summed E-state index contributed by atoms with van der Waals surface area (Å²) in [5.41, 5.74) is 1.00. The van der Waals surface area contributed by atoms with Crippen molar-refractivity contribution in [3.8, 4) is 0 Å². The third-order valence-electron chi connectivity index (χ3n) is 3.72. The second kappa shape index (κ2) is 8.50. The minimum Gasteiger partial charge on any atom is -0.478 e. The lowest BCUT2D eigenvalue weighted by Gasteiger charge is -2.11. The fourth-order valence-corrected chi connectivity index (χ4v) is 2.39. The van der Waals surface area contributed by atoms with Crippen LogP contribution in [-0.4, -0.2) is 22.9 Å². The first-order valence-corrected chi connectivity index (χ1v) is 8.29. The zero-order chi connectivity index (χ0) is 19.9. The number of carbonyl (C=O) groups is 3. The van der Waals surface area contributed by atoms with E-state index in [9.17, 15) is 14.4 Å². The molecule has 1 heterocycles. The van der Waals surface area contributed by atoms with E-state index < -0.39 is 17.8 Å². The number of nitrogens with one attached hydrogen (secondary N) is 2. The van der Waals surface area contributed by atoms with E-state index >= 15 is 0 Å². The molecule has 140 valence electrons. The molecular weight excluding hydrogens is 360 g/mol. The van der Waals surface area contributed by atoms with Crippen molar-refractivity contribution in [1.82, 2.24) is 5.32 Å². The van der Waals surface area contributed by atoms with E-state index in [1.54, 1.807) is 36.4 Å². The summed E-state index contributed by atoms with van der Waals surface area (Å²) in [7, 11) is 0. The van der Waals surface area contributed by atoms with Crippen LogP contribution >= 0.6 is 0 Å². The normalized spacial score (nSPS) is 10.9. The molecule has 0 bridgehead atoms. The van der Waals surface area contributed by atoms with Crippen molar-refractivity contribution >= 4 is 29.5 Å². The topological polar surface area (TPSA) is 109 Å². The average molecular weight is 376 g/mol. The van der Waals surface area contributed by atoms with Gasteiger partial charge in [0.2, 0.25) is 0 Å². The Kier molecular flexibility index (Phi) is 5.66. The fraction of sp³-hybridized carbons (Fsp3) is 0. The lowest BCUT2D eigenvalue weighted by molar-refractivity contribution is -0.113. The zero-order valence-electron chi connectivity index (χ0n) is 14.6. The van der Waals surface area contributed by atoms with Crippen molar-refractivity contribution in [3.63, 3.8) is 0 Å². The van der Waals surface area contributed by atoms with Gasteiger partial charge >= 0.3 is 5.97 Å². The van der Waals surface area contributed by atoms with E-state index in [4.69, 9.17) is 9.52 Å². The molecular formula is C21H16N2O5. The first kappa shape index (κ1) is 18.7. The van der Waals surface area contributed by atoms with Gasteiger partial charge < -0.3 is 20.2 Å². The van der Waals surface area contributed by atoms with E-state index in [0.29, 0.717) is 5.56 Å². The van der Waals surface area contributed by atoms with Crippen LogP contribution in [-0.2, 0) is 4.79 Å². The second-order valence-corrected chi connectivity index (χ2v) is 5.74. The van der Waals surface area contributed by atoms with Crippen molar-refractivity contribution in [2.45, 2.75) is 0 Å². The number of benzene rings is 2. The molecule has 0 radical (unpaired) electrons. The number of hydrogen-bond donors (Lipinski definition) is 3. The molecule has 0 atom stereocenters. The minimum atomic E-state index is -1.11. The van der Waals surface area contributed by atoms with E-state index in [1.807, 2.05) is 6.07 Å². The molecule has 0 spiro atoms. The van der Waals surface area contributed by atoms with Crippen LogP contribution in [0, 0.1) is 0 Å². The molecule has 28 heavy (non-hydrogen) atoms. The molecule has 0 unspecified atom stereocenters. The molecule has 0 saturated heterocycles. The van der Waals surface area contributed by atoms with Gasteiger partial charge in [0.15, 0.2) is 5.76 Å². The highest BCUT2D eigenvalue weighted by Gasteiger charge is 2.17. The number of hydrogen-bond acceptors (Lipinski definition) is 4. The van der Waals surface area contributed by atoms with E-state index in [1.165, 1.54) is 36.6 Å². The van der Waals surface area contributed by atoms with Crippen LogP contribution in [0.5, 0.6) is 0 Å². The lowest BCUT2D eigenvalue weighted by Crippen LogP contribution is -2.30. The standard InChI is InChI=1S/C21H16N2O5/c24-19(22-16-9-4-8-15(13-16)21(26)27)17(12-14-6-2-1-3-7-14)23-20(25)18-10-5-11-28-18/h1-13H,(H,22,24)(H,23,25)(H,26,27)/b17-12+. The highest BCUT2D eigenvalue weighted by Crippen LogP contribution is 2.13. The predicted molar refractivity (Wildman–Crippen MR) is 103 cm³/mol. The Morgan fingerprint density at radius 2 is 1.71 bits per heavy atom. The maximum atomic E-state index is 12.7. The van der Waals surface area contributed by atoms with Gasteiger partial charge in [-0.1, -0.05) is 36.4 Å². The van der Waals surface area contributed by atoms with E-state index in [0.717, 1.165) is 0 Å². The number of aromatic carboxylic acids is 1. The third-order valence-corrected chi connectivity index (χ3v) is 3.72. The summed E-state index contributed by atoms with van der Waals surface area (Å²) in [6, 6.07) is 17.8. The van der Waals surface area contributed by atoms with Crippen LogP contribution in [0.25, 0.3) is 6.08 Å². The Morgan fingerprint density at radius 1 is 0.929 bits per heavy atom. The van der Waals surface area contributed by atoms with Gasteiger partial charge in [0.25, 0.3) is 11.8 Å². The summed E-state index contributed by atoms with van der Waals surface area (Å²) < 4.78 is 5.05. The number of anilines is 1. The summed E-state index contributed by atoms with van der Waals surface area (Å²) in [6.45, 7) is 0. The maximum absolute atomic E-state index is 12.7. The Balaban J connectivity index is 1.86. The Hall–Kier alpha value is -4.13. The van der Waals surface area contributed by atoms with Gasteiger partial charge in [0.05, 0.1) is 11.8 Å². The van der Waals surface area contributed by atoms with Gasteiger partial charge in [-0.05, 0) is 42.0 Å². The first-order chi connectivity index (χ1) is 13.5. The Labute approximate surface area is 160 Å². The van der Waals surface area contributed by atoms with Crippen LogP contribution in [0.4, 0.5) is 5.69 Å². The van der Waals surface area contributed by atoms with Gasteiger partial charge in [-0.15, -0.1) is 0 Å². The molecule has 3 N–H and O–H groups in total. The van der Waals surface area contributed by atoms with Crippen molar-refractivity contribution in [2.75, 3.05) is 5.32 Å². The number of amides is 2. The van der Waals surface area contributed by atoms with Crippen molar-refractivity contribution in [2.24, 2.45) is 0 Å². The summed E-state index contributed by atoms with van der Waals surface area (Å²) in [5, 5.41) is 14.2. The fourth-order valence-electron chi connectivity index (χ4n) is 2.39. The zero-order valence-corrected chi connectivity index (χ0v) is 14.6. The molecule has 0 aliphatic heterocycles. The Morgan fingerprint density at radius 3 is 2.39 bits per heavy atom. The molecule has 0 saturated carbocycles. The molecule has 2 amide bonds. The number of carboxylic acid groups (broad SMARTS) is 1. The summed E-state index contributed by atoms with van der Waals surface area (Å²) in [6.07, 6.45) is 2.87. The predicted octanol–water partition coefficient (Wildman–Crippen LogP) is 3.39. The van der Waals surface area contributed by atoms with Crippen LogP contribution in [0.1, 0.15) is 26.5 Å². The highest BCUT2D eigenvalue weighted by molar-refractivity contribution is 6.10. The third kappa shape index (κ3) is 4.73. The highest BCUT2D eigenvalue weighted by atomic mass is 16.4. The molecule has 0 aliphatic rings. The number of carbonyl (C=O) groups excluding carboxylic acids is 2. The average Bonchev–Trinajstić information content (AvgIpc) is 3.23. The number of rotatable bonds is 6. The second-order valence-electron chi connectivity index (χ2n) is 5.74.